The van der Waals surface area contributed by atoms with Crippen LogP contribution in [0.4, 0.5) is 0 Å². The molecule has 2 rings (SSSR count). The Morgan fingerprint density at radius 3 is 2.93 bits per heavy atom. The Morgan fingerprint density at radius 2 is 2.29 bits per heavy atom. The molecule has 0 saturated heterocycles. The monoisotopic (exact) mass is 210 g/mol. The summed E-state index contributed by atoms with van der Waals surface area (Å²) >= 11 is 1.44. The summed E-state index contributed by atoms with van der Waals surface area (Å²) < 4.78 is 0. The van der Waals surface area contributed by atoms with Crippen molar-refractivity contribution < 1.29 is 9.90 Å². The molecular formula is C11H14O2S. The summed E-state index contributed by atoms with van der Waals surface area (Å²) in [5, 5.41) is 8.87. The first-order valence-corrected chi connectivity index (χ1v) is 5.64. The first-order valence-electron chi connectivity index (χ1n) is 4.83. The quantitative estimate of drug-likeness (QED) is 0.773. The molecule has 0 unspecified atom stereocenters. The second-order valence-electron chi connectivity index (χ2n) is 4.71. The van der Waals surface area contributed by atoms with Crippen LogP contribution in [0.1, 0.15) is 40.4 Å². The van der Waals surface area contributed by atoms with Gasteiger partial charge in [-0.05, 0) is 36.3 Å². The lowest BCUT2D eigenvalue weighted by Crippen LogP contribution is -2.20. The number of carboxylic acids is 1. The molecule has 1 aromatic rings. The third-order valence-corrected chi connectivity index (χ3v) is 4.03. The second kappa shape index (κ2) is 3.09. The molecule has 1 aromatic heterocycles. The Bertz CT molecular complexity index is 377. The fourth-order valence-electron chi connectivity index (χ4n) is 1.99. The standard InChI is InChI=1S/C11H14O2S/c1-11(2)4-3-8-7(6-11)5-9(14-8)10(12)13/h5H,3-4,6H2,1-2H3,(H,12,13). The van der Waals surface area contributed by atoms with E-state index in [-0.39, 0.29) is 0 Å². The highest BCUT2D eigenvalue weighted by Gasteiger charge is 2.27. The van der Waals surface area contributed by atoms with Crippen LogP contribution in [0.15, 0.2) is 6.07 Å². The van der Waals surface area contributed by atoms with Crippen LogP contribution in [0.5, 0.6) is 0 Å². The molecule has 0 aliphatic heterocycles. The highest BCUT2D eigenvalue weighted by atomic mass is 32.1. The Labute approximate surface area is 87.6 Å². The minimum atomic E-state index is -0.790. The molecule has 1 heterocycles. The van der Waals surface area contributed by atoms with Gasteiger partial charge in [-0.15, -0.1) is 11.3 Å². The van der Waals surface area contributed by atoms with Crippen LogP contribution in [0.3, 0.4) is 0 Å². The van der Waals surface area contributed by atoms with Crippen LogP contribution in [0.2, 0.25) is 0 Å². The van der Waals surface area contributed by atoms with Crippen molar-refractivity contribution in [2.45, 2.75) is 33.1 Å². The molecule has 0 radical (unpaired) electrons. The van der Waals surface area contributed by atoms with Gasteiger partial charge in [0.1, 0.15) is 4.88 Å². The van der Waals surface area contributed by atoms with Gasteiger partial charge in [0.25, 0.3) is 0 Å². The number of hydrogen-bond acceptors (Lipinski definition) is 2. The topological polar surface area (TPSA) is 37.3 Å². The van der Waals surface area contributed by atoms with Crippen LogP contribution in [0, 0.1) is 5.41 Å². The highest BCUT2D eigenvalue weighted by Crippen LogP contribution is 2.38. The lowest BCUT2D eigenvalue weighted by molar-refractivity contribution is 0.0702. The molecule has 1 N–H and O–H groups in total. The second-order valence-corrected chi connectivity index (χ2v) is 5.84. The summed E-state index contributed by atoms with van der Waals surface area (Å²) in [7, 11) is 0. The summed E-state index contributed by atoms with van der Waals surface area (Å²) in [6, 6.07) is 1.85. The smallest absolute Gasteiger partial charge is 0.345 e. The van der Waals surface area contributed by atoms with Crippen molar-refractivity contribution in [2.24, 2.45) is 5.41 Å². The minimum Gasteiger partial charge on any atom is -0.477 e. The molecule has 14 heavy (non-hydrogen) atoms. The molecule has 0 bridgehead atoms. The van der Waals surface area contributed by atoms with Crippen molar-refractivity contribution >= 4 is 17.3 Å². The lowest BCUT2D eigenvalue weighted by atomic mass is 9.77. The maximum atomic E-state index is 10.8. The zero-order valence-electron chi connectivity index (χ0n) is 8.46. The predicted octanol–water partition coefficient (Wildman–Crippen LogP) is 2.96. The van der Waals surface area contributed by atoms with Crippen LogP contribution in [-0.2, 0) is 12.8 Å². The Hall–Kier alpha value is -0.830. The number of carbonyl (C=O) groups is 1. The normalized spacial score (nSPS) is 19.0. The van der Waals surface area contributed by atoms with E-state index in [0.717, 1.165) is 12.8 Å². The highest BCUT2D eigenvalue weighted by molar-refractivity contribution is 7.14. The van der Waals surface area contributed by atoms with E-state index in [0.29, 0.717) is 10.3 Å². The molecule has 0 saturated carbocycles. The van der Waals surface area contributed by atoms with Gasteiger partial charge in [0, 0.05) is 4.88 Å². The molecule has 0 aromatic carbocycles. The van der Waals surface area contributed by atoms with Gasteiger partial charge in [0.15, 0.2) is 0 Å². The van der Waals surface area contributed by atoms with Gasteiger partial charge in [-0.2, -0.15) is 0 Å². The summed E-state index contributed by atoms with van der Waals surface area (Å²) in [6.45, 7) is 4.49. The van der Waals surface area contributed by atoms with Crippen LogP contribution >= 0.6 is 11.3 Å². The van der Waals surface area contributed by atoms with E-state index < -0.39 is 5.97 Å². The minimum absolute atomic E-state index is 0.337. The van der Waals surface area contributed by atoms with E-state index in [9.17, 15) is 4.79 Å². The molecule has 1 aliphatic rings. The molecule has 0 amide bonds. The summed E-state index contributed by atoms with van der Waals surface area (Å²) in [6.07, 6.45) is 3.23. The summed E-state index contributed by atoms with van der Waals surface area (Å²) in [5.74, 6) is -0.790. The predicted molar refractivity (Wildman–Crippen MR) is 57.1 cm³/mol. The van der Waals surface area contributed by atoms with E-state index in [2.05, 4.69) is 13.8 Å². The van der Waals surface area contributed by atoms with Gasteiger partial charge in [-0.3, -0.25) is 0 Å². The maximum absolute atomic E-state index is 10.8. The molecular weight excluding hydrogens is 196 g/mol. The fraction of sp³-hybridized carbons (Fsp3) is 0.545. The average Bonchev–Trinajstić information content (AvgIpc) is 2.45. The lowest BCUT2D eigenvalue weighted by Gasteiger charge is -2.29. The van der Waals surface area contributed by atoms with E-state index in [1.807, 2.05) is 6.07 Å². The largest absolute Gasteiger partial charge is 0.477 e. The molecule has 1 aliphatic carbocycles. The van der Waals surface area contributed by atoms with Crippen molar-refractivity contribution in [1.29, 1.82) is 0 Å². The van der Waals surface area contributed by atoms with E-state index in [4.69, 9.17) is 5.11 Å². The Balaban J connectivity index is 2.34. The van der Waals surface area contributed by atoms with Gasteiger partial charge in [0.2, 0.25) is 0 Å². The van der Waals surface area contributed by atoms with Crippen LogP contribution in [0.25, 0.3) is 0 Å². The summed E-state index contributed by atoms with van der Waals surface area (Å²) in [4.78, 5) is 12.6. The Kier molecular flexibility index (Phi) is 2.14. The average molecular weight is 210 g/mol. The van der Waals surface area contributed by atoms with Crippen molar-refractivity contribution in [3.8, 4) is 0 Å². The van der Waals surface area contributed by atoms with Gasteiger partial charge >= 0.3 is 5.97 Å². The third-order valence-electron chi connectivity index (χ3n) is 2.81. The number of carboxylic acid groups (broad SMARTS) is 1. The van der Waals surface area contributed by atoms with Crippen LogP contribution in [-0.4, -0.2) is 11.1 Å². The number of aromatic carboxylic acids is 1. The maximum Gasteiger partial charge on any atom is 0.345 e. The SMILES string of the molecule is CC1(C)CCc2sc(C(=O)O)cc2C1. The molecule has 3 heteroatoms. The van der Waals surface area contributed by atoms with Gasteiger partial charge < -0.3 is 5.11 Å². The molecule has 2 nitrogen and oxygen atoms in total. The zero-order valence-corrected chi connectivity index (χ0v) is 9.28. The van der Waals surface area contributed by atoms with E-state index in [1.165, 1.54) is 28.2 Å². The molecule has 0 fully saturated rings. The number of rotatable bonds is 1. The molecule has 0 atom stereocenters. The van der Waals surface area contributed by atoms with Gasteiger partial charge in [-0.1, -0.05) is 13.8 Å². The number of fused-ring (bicyclic) bond motifs is 1. The Morgan fingerprint density at radius 1 is 1.57 bits per heavy atom. The van der Waals surface area contributed by atoms with Crippen molar-refractivity contribution in [2.75, 3.05) is 0 Å². The third kappa shape index (κ3) is 1.69. The van der Waals surface area contributed by atoms with Crippen molar-refractivity contribution in [3.05, 3.63) is 21.4 Å². The van der Waals surface area contributed by atoms with Crippen LogP contribution < -0.4 is 0 Å². The first kappa shape index (κ1) is 9.71. The van der Waals surface area contributed by atoms with E-state index >= 15 is 0 Å². The zero-order chi connectivity index (χ0) is 10.3. The number of hydrogen-bond donors (Lipinski definition) is 1. The number of thiophene rings is 1. The number of aryl methyl sites for hydroxylation is 1. The molecule has 76 valence electrons. The molecule has 0 spiro atoms. The van der Waals surface area contributed by atoms with Crippen molar-refractivity contribution in [3.63, 3.8) is 0 Å². The first-order chi connectivity index (χ1) is 6.48. The van der Waals surface area contributed by atoms with Gasteiger partial charge in [-0.25, -0.2) is 4.79 Å². The van der Waals surface area contributed by atoms with Crippen molar-refractivity contribution in [1.82, 2.24) is 0 Å². The summed E-state index contributed by atoms with van der Waals surface area (Å²) in [5.41, 5.74) is 1.59. The fourth-order valence-corrected chi connectivity index (χ4v) is 3.01. The van der Waals surface area contributed by atoms with Gasteiger partial charge in [0.05, 0.1) is 0 Å². The van der Waals surface area contributed by atoms with E-state index in [1.54, 1.807) is 0 Å².